The molecule has 1 N–H and O–H groups in total. The molecule has 2 rings (SSSR count). The highest BCUT2D eigenvalue weighted by Crippen LogP contribution is 2.39. The first-order valence-corrected chi connectivity index (χ1v) is 7.54. The quantitative estimate of drug-likeness (QED) is 0.748. The Kier molecular flexibility index (Phi) is 5.55. The predicted octanol–water partition coefficient (Wildman–Crippen LogP) is 3.93. The van der Waals surface area contributed by atoms with E-state index in [1.807, 2.05) is 12.1 Å². The molecule has 0 heterocycles. The van der Waals surface area contributed by atoms with Crippen LogP contribution in [0.3, 0.4) is 0 Å². The van der Waals surface area contributed by atoms with Gasteiger partial charge < -0.3 is 19.5 Å². The monoisotopic (exact) mass is 399 g/mol. The van der Waals surface area contributed by atoms with E-state index < -0.39 is 0 Å². The summed E-state index contributed by atoms with van der Waals surface area (Å²) < 4.78 is 17.2. The van der Waals surface area contributed by atoms with E-state index in [0.717, 1.165) is 12.2 Å². The Labute approximate surface area is 138 Å². The van der Waals surface area contributed by atoms with Crippen molar-refractivity contribution in [3.05, 3.63) is 45.5 Å². The van der Waals surface area contributed by atoms with Crippen molar-refractivity contribution in [3.8, 4) is 17.2 Å². The van der Waals surface area contributed by atoms with Gasteiger partial charge in [-0.3, -0.25) is 0 Å². The lowest BCUT2D eigenvalue weighted by Crippen LogP contribution is -2.01. The van der Waals surface area contributed by atoms with Crippen LogP contribution in [-0.4, -0.2) is 21.3 Å². The molecule has 0 aliphatic rings. The Morgan fingerprint density at radius 1 is 0.905 bits per heavy atom. The fraction of sp³-hybridized carbons (Fsp3) is 0.250. The predicted molar refractivity (Wildman–Crippen MR) is 92.6 cm³/mol. The zero-order chi connectivity index (χ0) is 15.2. The first-order chi connectivity index (χ1) is 10.2. The molecule has 0 saturated carbocycles. The SMILES string of the molecule is COc1cc(NCc2ccc(I)cc2)cc(OC)c1OC. The number of hydrogen-bond acceptors (Lipinski definition) is 4. The smallest absolute Gasteiger partial charge is 0.203 e. The van der Waals surface area contributed by atoms with E-state index in [4.69, 9.17) is 14.2 Å². The molecule has 0 aliphatic heterocycles. The first-order valence-electron chi connectivity index (χ1n) is 6.46. The Morgan fingerprint density at radius 2 is 1.48 bits per heavy atom. The number of hydrogen-bond donors (Lipinski definition) is 1. The van der Waals surface area contributed by atoms with Gasteiger partial charge in [0.25, 0.3) is 0 Å². The fourth-order valence-corrected chi connectivity index (χ4v) is 2.35. The second-order valence-electron chi connectivity index (χ2n) is 4.39. The van der Waals surface area contributed by atoms with Gasteiger partial charge >= 0.3 is 0 Å². The van der Waals surface area contributed by atoms with E-state index in [1.54, 1.807) is 21.3 Å². The number of rotatable bonds is 6. The number of ether oxygens (including phenoxy) is 3. The molecule has 0 amide bonds. The lowest BCUT2D eigenvalue weighted by atomic mass is 10.2. The maximum atomic E-state index is 5.34. The van der Waals surface area contributed by atoms with Crippen molar-refractivity contribution in [2.45, 2.75) is 6.54 Å². The van der Waals surface area contributed by atoms with Crippen LogP contribution in [0.15, 0.2) is 36.4 Å². The Hall–Kier alpha value is -1.63. The lowest BCUT2D eigenvalue weighted by molar-refractivity contribution is 0.324. The van der Waals surface area contributed by atoms with Gasteiger partial charge in [-0.15, -0.1) is 0 Å². The normalized spacial score (nSPS) is 10.1. The van der Waals surface area contributed by atoms with E-state index in [-0.39, 0.29) is 0 Å². The standard InChI is InChI=1S/C16H18INO3/c1-19-14-8-13(9-15(20-2)16(14)21-3)18-10-11-4-6-12(17)7-5-11/h4-9,18H,10H2,1-3H3. The maximum absolute atomic E-state index is 5.34. The van der Waals surface area contributed by atoms with Crippen LogP contribution in [0.5, 0.6) is 17.2 Å². The summed E-state index contributed by atoms with van der Waals surface area (Å²) in [6, 6.07) is 12.2. The molecule has 0 radical (unpaired) electrons. The molecule has 2 aromatic rings. The molecule has 112 valence electrons. The highest BCUT2D eigenvalue weighted by atomic mass is 127. The summed E-state index contributed by atoms with van der Waals surface area (Å²) in [7, 11) is 4.82. The van der Waals surface area contributed by atoms with E-state index in [0.29, 0.717) is 17.2 Å². The third-order valence-electron chi connectivity index (χ3n) is 3.07. The van der Waals surface area contributed by atoms with Crippen molar-refractivity contribution in [1.82, 2.24) is 0 Å². The number of halogens is 1. The minimum Gasteiger partial charge on any atom is -0.493 e. The Bertz CT molecular complexity index is 574. The van der Waals surface area contributed by atoms with Crippen molar-refractivity contribution in [1.29, 1.82) is 0 Å². The summed E-state index contributed by atoms with van der Waals surface area (Å²) in [6.07, 6.45) is 0. The van der Waals surface area contributed by atoms with Gasteiger partial charge in [0.2, 0.25) is 5.75 Å². The van der Waals surface area contributed by atoms with Crippen LogP contribution in [0.1, 0.15) is 5.56 Å². The molecule has 0 unspecified atom stereocenters. The van der Waals surface area contributed by atoms with Gasteiger partial charge in [0.05, 0.1) is 21.3 Å². The van der Waals surface area contributed by atoms with Crippen LogP contribution in [0.4, 0.5) is 5.69 Å². The summed E-state index contributed by atoms with van der Waals surface area (Å²) in [6.45, 7) is 0.732. The van der Waals surface area contributed by atoms with Crippen molar-refractivity contribution in [3.63, 3.8) is 0 Å². The summed E-state index contributed by atoms with van der Waals surface area (Å²) in [5.74, 6) is 1.88. The lowest BCUT2D eigenvalue weighted by Gasteiger charge is -2.15. The summed E-state index contributed by atoms with van der Waals surface area (Å²) in [5.41, 5.74) is 2.13. The fourth-order valence-electron chi connectivity index (χ4n) is 1.99. The number of benzene rings is 2. The molecule has 0 bridgehead atoms. The van der Waals surface area contributed by atoms with Crippen molar-refractivity contribution >= 4 is 28.3 Å². The zero-order valence-corrected chi connectivity index (χ0v) is 14.4. The van der Waals surface area contributed by atoms with Gasteiger partial charge in [0, 0.05) is 27.9 Å². The highest BCUT2D eigenvalue weighted by molar-refractivity contribution is 14.1. The second-order valence-corrected chi connectivity index (χ2v) is 5.64. The highest BCUT2D eigenvalue weighted by Gasteiger charge is 2.12. The third kappa shape index (κ3) is 3.93. The van der Waals surface area contributed by atoms with Gasteiger partial charge in [0.1, 0.15) is 0 Å². The molecule has 21 heavy (non-hydrogen) atoms. The minimum absolute atomic E-state index is 0.597. The van der Waals surface area contributed by atoms with Gasteiger partial charge in [-0.25, -0.2) is 0 Å². The molecule has 0 spiro atoms. The van der Waals surface area contributed by atoms with Crippen LogP contribution in [0.25, 0.3) is 0 Å². The van der Waals surface area contributed by atoms with Gasteiger partial charge in [0.15, 0.2) is 11.5 Å². The molecule has 5 heteroatoms. The topological polar surface area (TPSA) is 39.7 Å². The maximum Gasteiger partial charge on any atom is 0.203 e. The first kappa shape index (κ1) is 15.8. The Morgan fingerprint density at radius 3 is 1.95 bits per heavy atom. The molecule has 4 nitrogen and oxygen atoms in total. The molecule has 0 saturated heterocycles. The number of methoxy groups -OCH3 is 3. The summed E-state index contributed by atoms with van der Waals surface area (Å²) in [4.78, 5) is 0. The van der Waals surface area contributed by atoms with E-state index in [9.17, 15) is 0 Å². The van der Waals surface area contributed by atoms with Crippen LogP contribution in [0, 0.1) is 3.57 Å². The summed E-state index contributed by atoms with van der Waals surface area (Å²) in [5, 5.41) is 3.36. The molecule has 0 aromatic heterocycles. The van der Waals surface area contributed by atoms with Crippen molar-refractivity contribution < 1.29 is 14.2 Å². The van der Waals surface area contributed by atoms with Gasteiger partial charge in [-0.1, -0.05) is 12.1 Å². The molecular formula is C16H18INO3. The zero-order valence-electron chi connectivity index (χ0n) is 12.3. The number of nitrogens with one attached hydrogen (secondary N) is 1. The second kappa shape index (κ2) is 7.40. The molecule has 2 aromatic carbocycles. The number of anilines is 1. The van der Waals surface area contributed by atoms with E-state index >= 15 is 0 Å². The van der Waals surface area contributed by atoms with Crippen molar-refractivity contribution in [2.75, 3.05) is 26.6 Å². The largest absolute Gasteiger partial charge is 0.493 e. The van der Waals surface area contributed by atoms with Crippen LogP contribution in [-0.2, 0) is 6.54 Å². The third-order valence-corrected chi connectivity index (χ3v) is 3.79. The minimum atomic E-state index is 0.597. The van der Waals surface area contributed by atoms with Crippen LogP contribution < -0.4 is 19.5 Å². The average Bonchev–Trinajstić information content (AvgIpc) is 2.53. The average molecular weight is 399 g/mol. The molecular weight excluding hydrogens is 381 g/mol. The van der Waals surface area contributed by atoms with E-state index in [1.165, 1.54) is 9.13 Å². The molecule has 0 atom stereocenters. The van der Waals surface area contributed by atoms with Crippen molar-refractivity contribution in [2.24, 2.45) is 0 Å². The van der Waals surface area contributed by atoms with Crippen LogP contribution in [0.2, 0.25) is 0 Å². The van der Waals surface area contributed by atoms with E-state index in [2.05, 4.69) is 52.2 Å². The van der Waals surface area contributed by atoms with Gasteiger partial charge in [-0.05, 0) is 40.3 Å². The van der Waals surface area contributed by atoms with Gasteiger partial charge in [-0.2, -0.15) is 0 Å². The molecule has 0 fully saturated rings. The van der Waals surface area contributed by atoms with Crippen LogP contribution >= 0.6 is 22.6 Å². The Balaban J connectivity index is 2.18. The summed E-state index contributed by atoms with van der Waals surface area (Å²) >= 11 is 2.30. The molecule has 0 aliphatic carbocycles.